The van der Waals surface area contributed by atoms with Crippen LogP contribution in [0.2, 0.25) is 0 Å². The summed E-state index contributed by atoms with van der Waals surface area (Å²) in [4.78, 5) is 25.2. The minimum absolute atomic E-state index is 0.116. The first-order valence-electron chi connectivity index (χ1n) is 8.40. The van der Waals surface area contributed by atoms with E-state index in [1.807, 2.05) is 30.3 Å². The molecule has 24 heavy (non-hydrogen) atoms. The molecular formula is C19H22ClNO3. The summed E-state index contributed by atoms with van der Waals surface area (Å²) in [5.41, 5.74) is 1.84. The lowest BCUT2D eigenvalue weighted by atomic mass is 9.68. The summed E-state index contributed by atoms with van der Waals surface area (Å²) in [5.74, 6) is 0. The fraction of sp³-hybridized carbons (Fsp3) is 0.474. The van der Waals surface area contributed by atoms with E-state index in [0.717, 1.165) is 49.5 Å². The Hall–Kier alpha value is -1.81. The van der Waals surface area contributed by atoms with E-state index in [0.29, 0.717) is 24.7 Å². The number of carbonyl (C=O) groups is 2. The number of halogens is 1. The highest BCUT2D eigenvalue weighted by molar-refractivity contribution is 6.31. The van der Waals surface area contributed by atoms with Gasteiger partial charge >= 0.3 is 6.09 Å². The summed E-state index contributed by atoms with van der Waals surface area (Å²) in [6, 6.07) is 9.68. The van der Waals surface area contributed by atoms with Crippen LogP contribution < -0.4 is 0 Å². The van der Waals surface area contributed by atoms with Gasteiger partial charge in [0.2, 0.25) is 0 Å². The Morgan fingerprint density at radius 2 is 1.92 bits per heavy atom. The zero-order valence-corrected chi connectivity index (χ0v) is 14.4. The normalized spacial score (nSPS) is 20.1. The quantitative estimate of drug-likeness (QED) is 0.766. The van der Waals surface area contributed by atoms with E-state index in [2.05, 4.69) is 0 Å². The molecule has 1 heterocycles. The van der Waals surface area contributed by atoms with Crippen molar-refractivity contribution in [1.82, 2.24) is 4.90 Å². The molecule has 3 rings (SSSR count). The van der Waals surface area contributed by atoms with Crippen LogP contribution in [-0.4, -0.2) is 30.4 Å². The Kier molecular flexibility index (Phi) is 5.24. The van der Waals surface area contributed by atoms with Crippen molar-refractivity contribution in [2.45, 2.75) is 38.7 Å². The van der Waals surface area contributed by atoms with Crippen LogP contribution in [0.3, 0.4) is 0 Å². The monoisotopic (exact) mass is 347 g/mol. The number of benzene rings is 1. The first-order valence-corrected chi connectivity index (χ1v) is 8.78. The molecule has 1 amide bonds. The molecule has 0 bridgehead atoms. The van der Waals surface area contributed by atoms with E-state index in [1.54, 1.807) is 4.90 Å². The molecule has 0 saturated carbocycles. The highest BCUT2D eigenvalue weighted by Crippen LogP contribution is 2.47. The van der Waals surface area contributed by atoms with E-state index in [1.165, 1.54) is 0 Å². The summed E-state index contributed by atoms with van der Waals surface area (Å²) in [5, 5.41) is 0.709. The third-order valence-corrected chi connectivity index (χ3v) is 5.65. The largest absolute Gasteiger partial charge is 0.445 e. The molecule has 0 radical (unpaired) electrons. The van der Waals surface area contributed by atoms with Crippen molar-refractivity contribution < 1.29 is 14.3 Å². The molecule has 1 fully saturated rings. The molecule has 1 aromatic rings. The van der Waals surface area contributed by atoms with Gasteiger partial charge in [0, 0.05) is 23.7 Å². The molecule has 1 spiro atoms. The number of carbonyl (C=O) groups excluding carboxylic acids is 2. The Balaban J connectivity index is 1.52. The Morgan fingerprint density at radius 3 is 2.58 bits per heavy atom. The van der Waals surface area contributed by atoms with Crippen molar-refractivity contribution in [3.05, 3.63) is 46.5 Å². The number of ether oxygens (including phenoxy) is 1. The number of likely N-dealkylation sites (tertiary alicyclic amines) is 1. The van der Waals surface area contributed by atoms with Gasteiger partial charge in [-0.05, 0) is 43.1 Å². The van der Waals surface area contributed by atoms with Gasteiger partial charge in [-0.2, -0.15) is 0 Å². The lowest BCUT2D eigenvalue weighted by Gasteiger charge is -2.43. The van der Waals surface area contributed by atoms with Crippen molar-refractivity contribution in [3.63, 3.8) is 0 Å². The van der Waals surface area contributed by atoms with Crippen LogP contribution in [0.4, 0.5) is 4.79 Å². The molecule has 2 aliphatic rings. The molecule has 1 aliphatic heterocycles. The summed E-state index contributed by atoms with van der Waals surface area (Å²) in [7, 11) is 0. The number of nitrogens with zero attached hydrogens (tertiary/aromatic N) is 1. The number of allylic oxidation sites excluding steroid dienone is 2. The molecule has 0 aromatic heterocycles. The molecule has 4 nitrogen and oxygen atoms in total. The lowest BCUT2D eigenvalue weighted by Crippen LogP contribution is -2.44. The maximum Gasteiger partial charge on any atom is 0.410 e. The topological polar surface area (TPSA) is 46.6 Å². The summed E-state index contributed by atoms with van der Waals surface area (Å²) in [6.07, 6.45) is 4.94. The van der Waals surface area contributed by atoms with E-state index in [4.69, 9.17) is 16.3 Å². The molecular weight excluding hydrogens is 326 g/mol. The van der Waals surface area contributed by atoms with Gasteiger partial charge in [0.05, 0.1) is 0 Å². The minimum atomic E-state index is -0.256. The Labute approximate surface area is 147 Å². The average molecular weight is 348 g/mol. The van der Waals surface area contributed by atoms with Gasteiger partial charge in [-0.3, -0.25) is 4.79 Å². The maximum atomic E-state index is 12.2. The molecule has 1 saturated heterocycles. The van der Waals surface area contributed by atoms with Crippen LogP contribution in [0.5, 0.6) is 0 Å². The molecule has 0 unspecified atom stereocenters. The van der Waals surface area contributed by atoms with Crippen LogP contribution in [0.15, 0.2) is 40.9 Å². The number of amides is 1. The number of piperidine rings is 1. The predicted molar refractivity (Wildman–Crippen MR) is 92.7 cm³/mol. The van der Waals surface area contributed by atoms with Crippen molar-refractivity contribution in [1.29, 1.82) is 0 Å². The van der Waals surface area contributed by atoms with Crippen LogP contribution in [0.1, 0.15) is 37.7 Å². The van der Waals surface area contributed by atoms with E-state index in [9.17, 15) is 9.59 Å². The fourth-order valence-corrected chi connectivity index (χ4v) is 3.84. The van der Waals surface area contributed by atoms with Crippen LogP contribution in [0.25, 0.3) is 0 Å². The highest BCUT2D eigenvalue weighted by Gasteiger charge is 2.39. The Morgan fingerprint density at radius 1 is 1.21 bits per heavy atom. The van der Waals surface area contributed by atoms with Gasteiger partial charge < -0.3 is 9.64 Å². The first-order chi connectivity index (χ1) is 11.6. The minimum Gasteiger partial charge on any atom is -0.445 e. The number of hydrogen-bond acceptors (Lipinski definition) is 3. The summed E-state index contributed by atoms with van der Waals surface area (Å²) < 4.78 is 5.40. The van der Waals surface area contributed by atoms with Crippen molar-refractivity contribution in [2.75, 3.05) is 13.1 Å². The van der Waals surface area contributed by atoms with Gasteiger partial charge in [0.25, 0.3) is 0 Å². The van der Waals surface area contributed by atoms with E-state index >= 15 is 0 Å². The van der Waals surface area contributed by atoms with E-state index < -0.39 is 0 Å². The second-order valence-electron chi connectivity index (χ2n) is 6.75. The van der Waals surface area contributed by atoms with Crippen LogP contribution in [0, 0.1) is 5.41 Å². The molecule has 0 atom stereocenters. The van der Waals surface area contributed by atoms with E-state index in [-0.39, 0.29) is 11.5 Å². The molecule has 0 N–H and O–H groups in total. The van der Waals surface area contributed by atoms with Gasteiger partial charge in [-0.25, -0.2) is 4.79 Å². The van der Waals surface area contributed by atoms with Gasteiger partial charge in [-0.15, -0.1) is 0 Å². The highest BCUT2D eigenvalue weighted by atomic mass is 35.5. The second-order valence-corrected chi connectivity index (χ2v) is 7.21. The SMILES string of the molecule is O=CC1=C(Cl)CCC2(CCN(C(=O)OCc3ccccc3)CC2)C1. The Bertz CT molecular complexity index is 633. The zero-order valence-electron chi connectivity index (χ0n) is 13.7. The third-order valence-electron chi connectivity index (χ3n) is 5.22. The number of hydrogen-bond donors (Lipinski definition) is 0. The molecule has 1 aliphatic carbocycles. The summed E-state index contributed by atoms with van der Waals surface area (Å²) in [6.45, 7) is 1.66. The predicted octanol–water partition coefficient (Wildman–Crippen LogP) is 4.28. The van der Waals surface area contributed by atoms with Gasteiger partial charge in [-0.1, -0.05) is 41.9 Å². The van der Waals surface area contributed by atoms with Gasteiger partial charge in [0.15, 0.2) is 0 Å². The number of aldehydes is 1. The molecule has 1 aromatic carbocycles. The fourth-order valence-electron chi connectivity index (χ4n) is 3.63. The summed E-state index contributed by atoms with van der Waals surface area (Å²) >= 11 is 6.13. The van der Waals surface area contributed by atoms with Crippen LogP contribution in [-0.2, 0) is 16.1 Å². The number of rotatable bonds is 3. The second kappa shape index (κ2) is 7.39. The average Bonchev–Trinajstić information content (AvgIpc) is 2.63. The standard InChI is InChI=1S/C19H22ClNO3/c20-17-6-7-19(12-16(17)13-22)8-10-21(11-9-19)18(23)24-14-15-4-2-1-3-5-15/h1-5,13H,6-12,14H2. The lowest BCUT2D eigenvalue weighted by molar-refractivity contribution is -0.105. The maximum absolute atomic E-state index is 12.2. The van der Waals surface area contributed by atoms with Crippen molar-refractivity contribution >= 4 is 24.0 Å². The van der Waals surface area contributed by atoms with Crippen molar-refractivity contribution in [3.8, 4) is 0 Å². The first kappa shape index (κ1) is 17.0. The van der Waals surface area contributed by atoms with Gasteiger partial charge in [0.1, 0.15) is 12.9 Å². The van der Waals surface area contributed by atoms with Crippen LogP contribution >= 0.6 is 11.6 Å². The smallest absolute Gasteiger partial charge is 0.410 e. The zero-order chi connectivity index (χ0) is 17.0. The van der Waals surface area contributed by atoms with Crippen molar-refractivity contribution in [2.24, 2.45) is 5.41 Å². The third kappa shape index (κ3) is 3.81. The molecule has 5 heteroatoms. The molecule has 128 valence electrons.